The average Bonchev–Trinajstić information content (AvgIpc) is 2.51. The Hall–Kier alpha value is -2.35. The highest BCUT2D eigenvalue weighted by atomic mass is 16.1. The fraction of sp³-hybridized carbons (Fsp3) is 0.167. The van der Waals surface area contributed by atoms with E-state index in [1.807, 2.05) is 42.6 Å². The number of hydrogen-bond acceptors (Lipinski definition) is 2. The molecule has 0 bridgehead atoms. The smallest absolute Gasteiger partial charge is 0.159 e. The Balaban J connectivity index is 1.86. The molecule has 2 aromatic carbocycles. The molecule has 1 atom stereocenters. The molecule has 0 fully saturated rings. The number of hydrogen-bond donors (Lipinski definition) is 0. The summed E-state index contributed by atoms with van der Waals surface area (Å²) >= 11 is 0. The lowest BCUT2D eigenvalue weighted by Gasteiger charge is -2.33. The van der Waals surface area contributed by atoms with Gasteiger partial charge in [-0.05, 0) is 17.2 Å². The summed E-state index contributed by atoms with van der Waals surface area (Å²) in [5, 5.41) is 0. The van der Waals surface area contributed by atoms with Gasteiger partial charge in [0, 0.05) is 19.2 Å². The average molecular weight is 263 g/mol. The minimum absolute atomic E-state index is 0.133. The molecule has 20 heavy (non-hydrogen) atoms. The van der Waals surface area contributed by atoms with Gasteiger partial charge in [0.15, 0.2) is 5.78 Å². The Bertz CT molecular complexity index is 604. The number of carbonyl (C=O) groups is 1. The molecule has 0 spiro atoms. The van der Waals surface area contributed by atoms with Crippen LogP contribution in [0.25, 0.3) is 0 Å². The molecule has 0 saturated heterocycles. The first kappa shape index (κ1) is 12.7. The molecule has 0 amide bonds. The van der Waals surface area contributed by atoms with Gasteiger partial charge < -0.3 is 4.90 Å². The van der Waals surface area contributed by atoms with Crippen LogP contribution >= 0.6 is 0 Å². The van der Waals surface area contributed by atoms with Crippen LogP contribution in [0, 0.1) is 0 Å². The second kappa shape index (κ2) is 5.74. The maximum absolute atomic E-state index is 11.7. The number of benzene rings is 2. The molecule has 1 heterocycles. The Morgan fingerprint density at radius 2 is 1.60 bits per heavy atom. The SMILES string of the molecule is O=C1C=CN(Cc2ccccc2)[C@@H](c2ccccc2)C1. The van der Waals surface area contributed by atoms with Crippen LogP contribution in [-0.4, -0.2) is 10.7 Å². The highest BCUT2D eigenvalue weighted by Gasteiger charge is 2.23. The van der Waals surface area contributed by atoms with Crippen molar-refractivity contribution in [1.82, 2.24) is 4.90 Å². The molecule has 0 aliphatic carbocycles. The van der Waals surface area contributed by atoms with Gasteiger partial charge >= 0.3 is 0 Å². The number of allylic oxidation sites excluding steroid dienone is 1. The van der Waals surface area contributed by atoms with Gasteiger partial charge in [-0.1, -0.05) is 60.7 Å². The van der Waals surface area contributed by atoms with Crippen molar-refractivity contribution in [2.75, 3.05) is 0 Å². The molecule has 0 N–H and O–H groups in total. The van der Waals surface area contributed by atoms with E-state index in [0.29, 0.717) is 6.42 Å². The highest BCUT2D eigenvalue weighted by molar-refractivity contribution is 5.90. The largest absolute Gasteiger partial charge is 0.366 e. The van der Waals surface area contributed by atoms with Gasteiger partial charge in [0.05, 0.1) is 6.04 Å². The summed E-state index contributed by atoms with van der Waals surface area (Å²) < 4.78 is 0. The van der Waals surface area contributed by atoms with Crippen LogP contribution in [0.3, 0.4) is 0 Å². The number of nitrogens with zero attached hydrogens (tertiary/aromatic N) is 1. The van der Waals surface area contributed by atoms with E-state index < -0.39 is 0 Å². The summed E-state index contributed by atoms with van der Waals surface area (Å²) in [5.74, 6) is 0.197. The highest BCUT2D eigenvalue weighted by Crippen LogP contribution is 2.29. The molecule has 100 valence electrons. The van der Waals surface area contributed by atoms with E-state index in [-0.39, 0.29) is 11.8 Å². The lowest BCUT2D eigenvalue weighted by molar-refractivity contribution is -0.116. The predicted octanol–water partition coefficient (Wildman–Crippen LogP) is 3.72. The summed E-state index contributed by atoms with van der Waals surface area (Å²) in [6, 6.07) is 20.7. The van der Waals surface area contributed by atoms with Crippen LogP contribution in [-0.2, 0) is 11.3 Å². The molecule has 0 radical (unpaired) electrons. The van der Waals surface area contributed by atoms with Crippen LogP contribution in [0.4, 0.5) is 0 Å². The molecular weight excluding hydrogens is 246 g/mol. The van der Waals surface area contributed by atoms with Gasteiger partial charge in [0.25, 0.3) is 0 Å². The van der Waals surface area contributed by atoms with E-state index in [2.05, 4.69) is 29.2 Å². The van der Waals surface area contributed by atoms with Gasteiger partial charge in [0.2, 0.25) is 0 Å². The third-order valence-electron chi connectivity index (χ3n) is 3.64. The monoisotopic (exact) mass is 263 g/mol. The minimum Gasteiger partial charge on any atom is -0.366 e. The lowest BCUT2D eigenvalue weighted by Crippen LogP contribution is -2.28. The molecule has 1 aliphatic rings. The number of ketones is 1. The summed E-state index contributed by atoms with van der Waals surface area (Å²) in [5.41, 5.74) is 2.45. The minimum atomic E-state index is 0.133. The van der Waals surface area contributed by atoms with Crippen molar-refractivity contribution in [1.29, 1.82) is 0 Å². The Morgan fingerprint density at radius 1 is 0.950 bits per heavy atom. The van der Waals surface area contributed by atoms with E-state index in [1.165, 1.54) is 11.1 Å². The van der Waals surface area contributed by atoms with Crippen molar-refractivity contribution in [3.8, 4) is 0 Å². The van der Waals surface area contributed by atoms with Gasteiger partial charge in [-0.25, -0.2) is 0 Å². The van der Waals surface area contributed by atoms with Crippen LogP contribution in [0.1, 0.15) is 23.6 Å². The van der Waals surface area contributed by atoms with Gasteiger partial charge in [-0.15, -0.1) is 0 Å². The maximum Gasteiger partial charge on any atom is 0.159 e. The first-order valence-corrected chi connectivity index (χ1v) is 6.88. The topological polar surface area (TPSA) is 20.3 Å². The van der Waals surface area contributed by atoms with Crippen molar-refractivity contribution in [2.24, 2.45) is 0 Å². The molecule has 2 heteroatoms. The zero-order valence-electron chi connectivity index (χ0n) is 11.3. The van der Waals surface area contributed by atoms with Gasteiger partial charge in [-0.3, -0.25) is 4.79 Å². The first-order valence-electron chi connectivity index (χ1n) is 6.88. The zero-order valence-corrected chi connectivity index (χ0v) is 11.3. The van der Waals surface area contributed by atoms with E-state index >= 15 is 0 Å². The summed E-state index contributed by atoms with van der Waals surface area (Å²) in [4.78, 5) is 14.0. The van der Waals surface area contributed by atoms with Crippen LogP contribution < -0.4 is 0 Å². The third-order valence-corrected chi connectivity index (χ3v) is 3.64. The Morgan fingerprint density at radius 3 is 2.30 bits per heavy atom. The molecule has 0 saturated carbocycles. The fourth-order valence-corrected chi connectivity index (χ4v) is 2.60. The van der Waals surface area contributed by atoms with Crippen LogP contribution in [0.15, 0.2) is 72.9 Å². The first-order chi connectivity index (χ1) is 9.83. The summed E-state index contributed by atoms with van der Waals surface area (Å²) in [6.45, 7) is 0.824. The van der Waals surface area contributed by atoms with Crippen LogP contribution in [0.2, 0.25) is 0 Å². The molecule has 0 aromatic heterocycles. The maximum atomic E-state index is 11.7. The second-order valence-electron chi connectivity index (χ2n) is 5.07. The van der Waals surface area contributed by atoms with Crippen molar-refractivity contribution in [3.63, 3.8) is 0 Å². The molecule has 2 aromatic rings. The second-order valence-corrected chi connectivity index (χ2v) is 5.07. The lowest BCUT2D eigenvalue weighted by atomic mass is 9.97. The van der Waals surface area contributed by atoms with Gasteiger partial charge in [0.1, 0.15) is 0 Å². The van der Waals surface area contributed by atoms with Crippen molar-refractivity contribution in [2.45, 2.75) is 19.0 Å². The molecule has 2 nitrogen and oxygen atoms in total. The van der Waals surface area contributed by atoms with E-state index in [0.717, 1.165) is 6.54 Å². The van der Waals surface area contributed by atoms with Crippen molar-refractivity contribution in [3.05, 3.63) is 84.1 Å². The van der Waals surface area contributed by atoms with Crippen molar-refractivity contribution >= 4 is 5.78 Å². The molecule has 3 rings (SSSR count). The number of rotatable bonds is 3. The predicted molar refractivity (Wildman–Crippen MR) is 79.9 cm³/mol. The number of carbonyl (C=O) groups excluding carboxylic acids is 1. The normalized spacial score (nSPS) is 18.3. The Labute approximate surface area is 119 Å². The summed E-state index contributed by atoms with van der Waals surface area (Å²) in [7, 11) is 0. The Kier molecular flexibility index (Phi) is 3.64. The van der Waals surface area contributed by atoms with E-state index in [9.17, 15) is 4.79 Å². The fourth-order valence-electron chi connectivity index (χ4n) is 2.60. The van der Waals surface area contributed by atoms with Gasteiger partial charge in [-0.2, -0.15) is 0 Å². The standard InChI is InChI=1S/C18H17NO/c20-17-11-12-19(14-15-7-3-1-4-8-15)18(13-17)16-9-5-2-6-10-16/h1-12,18H,13-14H2/t18-/m1/s1. The van der Waals surface area contributed by atoms with E-state index in [1.54, 1.807) is 6.08 Å². The third kappa shape index (κ3) is 2.80. The van der Waals surface area contributed by atoms with Crippen LogP contribution in [0.5, 0.6) is 0 Å². The summed E-state index contributed by atoms with van der Waals surface area (Å²) in [6.07, 6.45) is 4.16. The zero-order chi connectivity index (χ0) is 13.8. The molecule has 1 aliphatic heterocycles. The quantitative estimate of drug-likeness (QED) is 0.841. The van der Waals surface area contributed by atoms with E-state index in [4.69, 9.17) is 0 Å². The molecular formula is C18H17NO. The molecule has 0 unspecified atom stereocenters. The van der Waals surface area contributed by atoms with Crippen molar-refractivity contribution < 1.29 is 4.79 Å².